The maximum absolute atomic E-state index is 14.2. The van der Waals surface area contributed by atoms with Crippen LogP contribution < -0.4 is 0 Å². The van der Waals surface area contributed by atoms with Crippen molar-refractivity contribution < 1.29 is 68.9 Å². The third-order valence-corrected chi connectivity index (χ3v) is 4.12. The van der Waals surface area contributed by atoms with Crippen LogP contribution in [0.1, 0.15) is 27.2 Å². The Kier molecular flexibility index (Phi) is 6.79. The smallest absolute Gasteiger partial charge is 0.422 e. The van der Waals surface area contributed by atoms with Crippen LogP contribution in [0.2, 0.25) is 0 Å². The number of alkyl halides is 3. The van der Waals surface area contributed by atoms with Gasteiger partial charge < -0.3 is 5.11 Å². The van der Waals surface area contributed by atoms with E-state index < -0.39 is 80.8 Å². The number of aryl methyl sites for hydroxylation is 1. The van der Waals surface area contributed by atoms with Gasteiger partial charge in [-0.3, -0.25) is 4.79 Å². The van der Waals surface area contributed by atoms with Crippen LogP contribution in [0.3, 0.4) is 0 Å². The normalized spacial score (nSPS) is 11.4. The summed E-state index contributed by atoms with van der Waals surface area (Å²) < 4.78 is 121. The Morgan fingerprint density at radius 3 is 1.81 bits per heavy atom. The molecule has 0 saturated carbocycles. The molecule has 0 atom stereocenters. The van der Waals surface area contributed by atoms with Crippen LogP contribution in [0.5, 0.6) is 5.88 Å². The third-order valence-electron chi connectivity index (χ3n) is 4.12. The standard InChI is InChI=1S/C18H7F9N2O2.Zn/c1-5-9(16(30)6-2-7(19)4-8(20)3-6)17(31)29(28-5)15-13(23)11(21)10(18(25,26)27)12(22)14(15)24;/h2-4,31H,1H3;. The van der Waals surface area contributed by atoms with Crippen LogP contribution in [-0.4, -0.2) is 20.7 Å². The first kappa shape index (κ1) is 25.4. The molecule has 0 saturated heterocycles. The number of hydrogen-bond acceptors (Lipinski definition) is 3. The molecule has 0 amide bonds. The molecule has 166 valence electrons. The predicted molar refractivity (Wildman–Crippen MR) is 84.6 cm³/mol. The predicted octanol–water partition coefficient (Wildman–Crippen LogP) is 4.97. The van der Waals surface area contributed by atoms with Crippen LogP contribution in [0.4, 0.5) is 39.5 Å². The van der Waals surface area contributed by atoms with E-state index >= 15 is 0 Å². The first-order valence-corrected chi connectivity index (χ1v) is 7.98. The Balaban J connectivity index is 0.00000363. The van der Waals surface area contributed by atoms with Gasteiger partial charge >= 0.3 is 6.18 Å². The molecule has 0 spiro atoms. The summed E-state index contributed by atoms with van der Waals surface area (Å²) in [5.41, 5.74) is -6.79. The van der Waals surface area contributed by atoms with Gasteiger partial charge in [0.2, 0.25) is 11.7 Å². The van der Waals surface area contributed by atoms with Crippen LogP contribution in [0.25, 0.3) is 5.69 Å². The van der Waals surface area contributed by atoms with E-state index in [1.165, 1.54) is 0 Å². The summed E-state index contributed by atoms with van der Waals surface area (Å²) in [6.45, 7) is 0.978. The second-order valence-electron chi connectivity index (χ2n) is 6.16. The molecule has 0 bridgehead atoms. The zero-order valence-corrected chi connectivity index (χ0v) is 18.6. The number of halogens is 9. The molecule has 32 heavy (non-hydrogen) atoms. The molecular weight excluding hydrogens is 513 g/mol. The number of ketones is 1. The van der Waals surface area contributed by atoms with Crippen molar-refractivity contribution >= 4 is 5.78 Å². The molecule has 14 heteroatoms. The van der Waals surface area contributed by atoms with E-state index in [4.69, 9.17) is 0 Å². The maximum atomic E-state index is 14.2. The number of hydrogen-bond donors (Lipinski definition) is 1. The Labute approximate surface area is 185 Å². The van der Waals surface area contributed by atoms with E-state index in [1.807, 2.05) is 0 Å². The summed E-state index contributed by atoms with van der Waals surface area (Å²) in [6.07, 6.45) is -5.79. The zero-order chi connectivity index (χ0) is 23.4. The molecule has 0 aliphatic carbocycles. The summed E-state index contributed by atoms with van der Waals surface area (Å²) in [4.78, 5) is 12.5. The molecular formula is C18H7F9N2O2Zn. The monoisotopic (exact) mass is 518 g/mol. The van der Waals surface area contributed by atoms with Crippen molar-refractivity contribution in [2.24, 2.45) is 0 Å². The van der Waals surface area contributed by atoms with Gasteiger partial charge in [0.05, 0.1) is 5.69 Å². The van der Waals surface area contributed by atoms with Gasteiger partial charge in [-0.15, -0.1) is 0 Å². The summed E-state index contributed by atoms with van der Waals surface area (Å²) in [7, 11) is 0. The minimum atomic E-state index is -5.79. The molecule has 0 aliphatic rings. The van der Waals surface area contributed by atoms with E-state index in [0.717, 1.165) is 6.92 Å². The molecule has 3 aromatic rings. The Morgan fingerprint density at radius 1 is 0.906 bits per heavy atom. The molecule has 0 fully saturated rings. The SMILES string of the molecule is Cc1nn(-c2c(F)c(F)c(C(F)(F)F)c(F)c2F)c(O)c1C(=O)c1cc(F)cc(F)c1.[Zn]. The van der Waals surface area contributed by atoms with Gasteiger partial charge in [0.15, 0.2) is 23.3 Å². The second-order valence-corrected chi connectivity index (χ2v) is 6.16. The average molecular weight is 520 g/mol. The molecule has 2 aromatic carbocycles. The number of benzene rings is 2. The van der Waals surface area contributed by atoms with E-state index in [-0.39, 0.29) is 24.2 Å². The number of aromatic hydroxyl groups is 1. The van der Waals surface area contributed by atoms with Crippen molar-refractivity contribution in [3.05, 3.63) is 75.5 Å². The third kappa shape index (κ3) is 4.10. The van der Waals surface area contributed by atoms with Gasteiger partial charge in [-0.05, 0) is 19.1 Å². The van der Waals surface area contributed by atoms with E-state index in [1.54, 1.807) is 0 Å². The van der Waals surface area contributed by atoms with Gasteiger partial charge in [-0.2, -0.15) is 23.0 Å². The fraction of sp³-hybridized carbons (Fsp3) is 0.111. The number of carbonyl (C=O) groups excluding carboxylic acids is 1. The quantitative estimate of drug-likeness (QED) is 0.230. The Morgan fingerprint density at radius 2 is 1.38 bits per heavy atom. The number of nitrogens with zero attached hydrogens (tertiary/aromatic N) is 2. The van der Waals surface area contributed by atoms with Crippen molar-refractivity contribution in [1.29, 1.82) is 0 Å². The van der Waals surface area contributed by atoms with Crippen molar-refractivity contribution in [2.45, 2.75) is 13.1 Å². The zero-order valence-electron chi connectivity index (χ0n) is 15.6. The minimum absolute atomic E-state index is 0. The van der Waals surface area contributed by atoms with Gasteiger partial charge in [0, 0.05) is 31.1 Å². The summed E-state index contributed by atoms with van der Waals surface area (Å²) >= 11 is 0. The van der Waals surface area contributed by atoms with Crippen molar-refractivity contribution in [3.8, 4) is 11.6 Å². The van der Waals surface area contributed by atoms with Crippen molar-refractivity contribution in [1.82, 2.24) is 9.78 Å². The molecule has 3 rings (SSSR count). The van der Waals surface area contributed by atoms with Gasteiger partial charge in [-0.1, -0.05) is 0 Å². The maximum Gasteiger partial charge on any atom is 0.422 e. The number of rotatable bonds is 3. The molecule has 4 nitrogen and oxygen atoms in total. The molecule has 0 radical (unpaired) electrons. The summed E-state index contributed by atoms with van der Waals surface area (Å²) in [5.74, 6) is -15.8. The van der Waals surface area contributed by atoms with Crippen molar-refractivity contribution in [2.75, 3.05) is 0 Å². The van der Waals surface area contributed by atoms with Gasteiger partial charge in [0.1, 0.15) is 28.4 Å². The Hall–Kier alpha value is -2.89. The van der Waals surface area contributed by atoms with Crippen LogP contribution in [0.15, 0.2) is 18.2 Å². The first-order valence-electron chi connectivity index (χ1n) is 7.98. The van der Waals surface area contributed by atoms with Gasteiger partial charge in [-0.25, -0.2) is 26.3 Å². The van der Waals surface area contributed by atoms with Crippen molar-refractivity contribution in [3.63, 3.8) is 0 Å². The van der Waals surface area contributed by atoms with E-state index in [2.05, 4.69) is 5.10 Å². The molecule has 1 heterocycles. The minimum Gasteiger partial charge on any atom is -0.493 e. The van der Waals surface area contributed by atoms with Crippen LogP contribution >= 0.6 is 0 Å². The number of aromatic nitrogens is 2. The summed E-state index contributed by atoms with van der Waals surface area (Å²) in [6, 6.07) is 1.53. The molecule has 0 unspecified atom stereocenters. The Bertz CT molecular complexity index is 1190. The molecule has 1 aromatic heterocycles. The first-order chi connectivity index (χ1) is 14.3. The number of carbonyl (C=O) groups is 1. The van der Waals surface area contributed by atoms with E-state index in [0.29, 0.717) is 18.2 Å². The molecule has 1 N–H and O–H groups in total. The second kappa shape index (κ2) is 8.57. The van der Waals surface area contributed by atoms with Crippen LogP contribution in [0, 0.1) is 41.8 Å². The fourth-order valence-electron chi connectivity index (χ4n) is 2.82. The summed E-state index contributed by atoms with van der Waals surface area (Å²) in [5, 5.41) is 13.5. The average Bonchev–Trinajstić information content (AvgIpc) is 2.92. The molecule has 0 aliphatic heterocycles. The topological polar surface area (TPSA) is 55.1 Å². The van der Waals surface area contributed by atoms with Gasteiger partial charge in [0.25, 0.3) is 0 Å². The van der Waals surface area contributed by atoms with Crippen LogP contribution in [-0.2, 0) is 25.7 Å². The largest absolute Gasteiger partial charge is 0.493 e. The fourth-order valence-corrected chi connectivity index (χ4v) is 2.82. The van der Waals surface area contributed by atoms with E-state index in [9.17, 15) is 49.4 Å².